The van der Waals surface area contributed by atoms with E-state index in [1.54, 1.807) is 6.08 Å². The maximum atomic E-state index is 12.2. The third kappa shape index (κ3) is 10.8. The first-order chi connectivity index (χ1) is 14.1. The van der Waals surface area contributed by atoms with Gasteiger partial charge >= 0.3 is 6.18 Å². The van der Waals surface area contributed by atoms with Gasteiger partial charge in [-0.25, -0.2) is 0 Å². The van der Waals surface area contributed by atoms with Gasteiger partial charge in [0.1, 0.15) is 27.6 Å². The molecular weight excluding hydrogens is 464 g/mol. The number of aryl methyl sites for hydroxylation is 2. The van der Waals surface area contributed by atoms with E-state index >= 15 is 0 Å². The Morgan fingerprint density at radius 3 is 2.30 bits per heavy atom. The summed E-state index contributed by atoms with van der Waals surface area (Å²) in [6, 6.07) is 3.84. The Hall–Kier alpha value is -1.08. The monoisotopic (exact) mass is 488 g/mol. The molecule has 0 unspecified atom stereocenters. The molecule has 1 aromatic carbocycles. The molecule has 0 heterocycles. The SMILES string of the molecule is CCc1cc(OCC=C(Cl)Cl)cc(C)c1OCCCCCOC/C=C(\Cl)C(F)(F)F. The van der Waals surface area contributed by atoms with Gasteiger partial charge in [-0.2, -0.15) is 13.2 Å². The molecule has 9 heteroatoms. The molecular formula is C21H26Cl3F3O3. The van der Waals surface area contributed by atoms with Crippen molar-refractivity contribution in [1.82, 2.24) is 0 Å². The van der Waals surface area contributed by atoms with Crippen LogP contribution in [0.3, 0.4) is 0 Å². The number of ether oxygens (including phenoxy) is 3. The summed E-state index contributed by atoms with van der Waals surface area (Å²) in [7, 11) is 0. The molecule has 0 N–H and O–H groups in total. The summed E-state index contributed by atoms with van der Waals surface area (Å²) in [5, 5.41) is -1.16. The standard InChI is InChI=1S/C21H26Cl3F3O3/c1-3-16-14-17(29-12-8-19(23)24)13-15(2)20(16)30-10-6-4-5-9-28-11-7-18(22)21(25,26)27/h7-8,13-14H,3-6,9-12H2,1-2H3/b18-7-. The molecule has 0 saturated heterocycles. The highest BCUT2D eigenvalue weighted by molar-refractivity contribution is 6.55. The molecule has 0 amide bonds. The minimum Gasteiger partial charge on any atom is -0.493 e. The number of alkyl halides is 3. The van der Waals surface area contributed by atoms with Gasteiger partial charge in [0, 0.05) is 6.61 Å². The van der Waals surface area contributed by atoms with Crippen LogP contribution in [-0.4, -0.2) is 32.6 Å². The second kappa shape index (κ2) is 14.1. The van der Waals surface area contributed by atoms with Gasteiger partial charge in [0.2, 0.25) is 0 Å². The number of unbranched alkanes of at least 4 members (excludes halogenated alkanes) is 2. The second-order valence-corrected chi connectivity index (χ2v) is 7.84. The van der Waals surface area contributed by atoms with Crippen molar-refractivity contribution < 1.29 is 27.4 Å². The summed E-state index contributed by atoms with van der Waals surface area (Å²) in [4.78, 5) is 0. The molecule has 30 heavy (non-hydrogen) atoms. The van der Waals surface area contributed by atoms with E-state index in [0.717, 1.165) is 54.4 Å². The van der Waals surface area contributed by atoms with E-state index in [9.17, 15) is 13.2 Å². The summed E-state index contributed by atoms with van der Waals surface area (Å²) >= 11 is 16.3. The lowest BCUT2D eigenvalue weighted by Gasteiger charge is -2.15. The van der Waals surface area contributed by atoms with Crippen LogP contribution < -0.4 is 9.47 Å². The van der Waals surface area contributed by atoms with Gasteiger partial charge in [-0.15, -0.1) is 0 Å². The molecule has 0 aromatic heterocycles. The first-order valence-electron chi connectivity index (χ1n) is 9.56. The Kier molecular flexibility index (Phi) is 12.6. The highest BCUT2D eigenvalue weighted by Crippen LogP contribution is 2.30. The summed E-state index contributed by atoms with van der Waals surface area (Å²) in [5.74, 6) is 1.57. The molecule has 1 aromatic rings. The fourth-order valence-corrected chi connectivity index (χ4v) is 2.74. The van der Waals surface area contributed by atoms with Crippen LogP contribution in [0, 0.1) is 6.92 Å². The summed E-state index contributed by atoms with van der Waals surface area (Å²) in [6.07, 6.45) is 1.04. The van der Waals surface area contributed by atoms with E-state index in [1.165, 1.54) is 0 Å². The van der Waals surface area contributed by atoms with Crippen molar-refractivity contribution in [2.75, 3.05) is 26.4 Å². The fourth-order valence-electron chi connectivity index (χ4n) is 2.55. The van der Waals surface area contributed by atoms with Crippen LogP contribution in [-0.2, 0) is 11.2 Å². The van der Waals surface area contributed by atoms with Gasteiger partial charge in [0.25, 0.3) is 0 Å². The maximum Gasteiger partial charge on any atom is 0.426 e. The minimum absolute atomic E-state index is 0.158. The quantitative estimate of drug-likeness (QED) is 0.268. The molecule has 0 spiro atoms. The summed E-state index contributed by atoms with van der Waals surface area (Å²) < 4.78 is 53.5. The lowest BCUT2D eigenvalue weighted by molar-refractivity contribution is -0.0850. The van der Waals surface area contributed by atoms with E-state index < -0.39 is 11.2 Å². The zero-order chi connectivity index (χ0) is 22.6. The molecule has 0 radical (unpaired) electrons. The average Bonchev–Trinajstić information content (AvgIpc) is 2.66. The van der Waals surface area contributed by atoms with Crippen LogP contribution >= 0.6 is 34.8 Å². The normalized spacial score (nSPS) is 12.1. The smallest absolute Gasteiger partial charge is 0.426 e. The van der Waals surface area contributed by atoms with Crippen LogP contribution in [0.5, 0.6) is 11.5 Å². The van der Waals surface area contributed by atoms with E-state index in [4.69, 9.17) is 49.0 Å². The lowest BCUT2D eigenvalue weighted by Crippen LogP contribution is -2.08. The van der Waals surface area contributed by atoms with E-state index in [2.05, 4.69) is 0 Å². The first kappa shape index (κ1) is 27.0. The third-order valence-corrected chi connectivity index (χ3v) is 4.70. The van der Waals surface area contributed by atoms with Crippen LogP contribution in [0.2, 0.25) is 0 Å². The highest BCUT2D eigenvalue weighted by atomic mass is 35.5. The van der Waals surface area contributed by atoms with Crippen LogP contribution in [0.25, 0.3) is 0 Å². The number of hydrogen-bond acceptors (Lipinski definition) is 3. The first-order valence-corrected chi connectivity index (χ1v) is 10.7. The number of allylic oxidation sites excluding steroid dienone is 1. The lowest BCUT2D eigenvalue weighted by atomic mass is 10.1. The van der Waals surface area contributed by atoms with Gasteiger partial charge in [0.15, 0.2) is 0 Å². The van der Waals surface area contributed by atoms with Gasteiger partial charge in [-0.05, 0) is 68.0 Å². The Morgan fingerprint density at radius 2 is 1.67 bits per heavy atom. The topological polar surface area (TPSA) is 27.7 Å². The predicted molar refractivity (Wildman–Crippen MR) is 116 cm³/mol. The molecule has 170 valence electrons. The Balaban J connectivity index is 2.35. The van der Waals surface area contributed by atoms with Crippen LogP contribution in [0.15, 0.2) is 33.8 Å². The second-order valence-electron chi connectivity index (χ2n) is 6.42. The molecule has 3 nitrogen and oxygen atoms in total. The molecule has 0 atom stereocenters. The van der Waals surface area contributed by atoms with Gasteiger partial charge in [0.05, 0.1) is 13.2 Å². The molecule has 0 bridgehead atoms. The van der Waals surface area contributed by atoms with Crippen molar-refractivity contribution in [3.63, 3.8) is 0 Å². The van der Waals surface area contributed by atoms with Crippen molar-refractivity contribution in [1.29, 1.82) is 0 Å². The molecule has 0 saturated carbocycles. The van der Waals surface area contributed by atoms with Crippen molar-refractivity contribution in [2.45, 2.75) is 45.7 Å². The fraction of sp³-hybridized carbons (Fsp3) is 0.524. The number of hydrogen-bond donors (Lipinski definition) is 0. The predicted octanol–water partition coefficient (Wildman–Crippen LogP) is 7.51. The number of halogens is 6. The van der Waals surface area contributed by atoms with E-state index in [0.29, 0.717) is 13.2 Å². The number of benzene rings is 1. The zero-order valence-electron chi connectivity index (χ0n) is 17.0. The third-order valence-electron chi connectivity index (χ3n) is 4.02. The van der Waals surface area contributed by atoms with Crippen LogP contribution in [0.4, 0.5) is 13.2 Å². The van der Waals surface area contributed by atoms with E-state index in [-0.39, 0.29) is 17.7 Å². The van der Waals surface area contributed by atoms with Gasteiger partial charge in [-0.1, -0.05) is 41.7 Å². The minimum atomic E-state index is -4.52. The average molecular weight is 490 g/mol. The zero-order valence-corrected chi connectivity index (χ0v) is 19.2. The Morgan fingerprint density at radius 1 is 0.967 bits per heavy atom. The maximum absolute atomic E-state index is 12.2. The molecule has 1 rings (SSSR count). The van der Waals surface area contributed by atoms with Crippen LogP contribution in [0.1, 0.15) is 37.3 Å². The van der Waals surface area contributed by atoms with Gasteiger partial charge in [-0.3, -0.25) is 0 Å². The molecule has 0 fully saturated rings. The Labute approximate surface area is 190 Å². The number of rotatable bonds is 13. The van der Waals surface area contributed by atoms with Crippen molar-refractivity contribution in [3.8, 4) is 11.5 Å². The molecule has 0 aliphatic heterocycles. The summed E-state index contributed by atoms with van der Waals surface area (Å²) in [6.45, 7) is 5.03. The van der Waals surface area contributed by atoms with Crippen molar-refractivity contribution >= 4 is 34.8 Å². The summed E-state index contributed by atoms with van der Waals surface area (Å²) in [5.41, 5.74) is 2.02. The molecule has 0 aliphatic carbocycles. The van der Waals surface area contributed by atoms with Crippen molar-refractivity contribution in [2.24, 2.45) is 0 Å². The largest absolute Gasteiger partial charge is 0.493 e. The molecule has 0 aliphatic rings. The van der Waals surface area contributed by atoms with E-state index in [1.807, 2.05) is 26.0 Å². The van der Waals surface area contributed by atoms with Crippen molar-refractivity contribution in [3.05, 3.63) is 44.9 Å². The Bertz CT molecular complexity index is 715. The highest BCUT2D eigenvalue weighted by Gasteiger charge is 2.31. The van der Waals surface area contributed by atoms with Gasteiger partial charge < -0.3 is 14.2 Å².